The van der Waals surface area contributed by atoms with Gasteiger partial charge in [-0.25, -0.2) is 18.9 Å². The van der Waals surface area contributed by atoms with Gasteiger partial charge in [-0.05, 0) is 40.0 Å². The van der Waals surface area contributed by atoms with Crippen LogP contribution in [0.25, 0.3) is 22.5 Å². The molecule has 0 amide bonds. The number of carbonyl (C=O) groups excluding carboxylic acids is 1. The number of H-pyrrole nitrogens is 1. The zero-order valence-electron chi connectivity index (χ0n) is 20.0. The highest BCUT2D eigenvalue weighted by molar-refractivity contribution is 5.80. The van der Waals surface area contributed by atoms with E-state index < -0.39 is 12.4 Å². The van der Waals surface area contributed by atoms with E-state index in [1.807, 2.05) is 62.4 Å². The molecule has 0 bridgehead atoms. The summed E-state index contributed by atoms with van der Waals surface area (Å²) in [6.07, 6.45) is 2.99. The maximum Gasteiger partial charge on any atom is 0.335 e. The van der Waals surface area contributed by atoms with Gasteiger partial charge < -0.3 is 0 Å². The number of alkyl halides is 1. The van der Waals surface area contributed by atoms with Gasteiger partial charge in [-0.2, -0.15) is 0 Å². The quantitative estimate of drug-likeness (QED) is 0.355. The first kappa shape index (κ1) is 24.3. The van der Waals surface area contributed by atoms with Crippen molar-refractivity contribution in [2.45, 2.75) is 59.2 Å². The number of hydrogen-bond donors (Lipinski definition) is 1. The first-order valence-corrected chi connectivity index (χ1v) is 11.9. The molecular weight excluding hydrogens is 447 g/mol. The number of benzene rings is 2. The van der Waals surface area contributed by atoms with Crippen LogP contribution in [0.4, 0.5) is 4.39 Å². The van der Waals surface area contributed by atoms with Gasteiger partial charge in [0.15, 0.2) is 5.82 Å². The third kappa shape index (κ3) is 4.99. The van der Waals surface area contributed by atoms with Crippen molar-refractivity contribution >= 4 is 5.91 Å². The van der Waals surface area contributed by atoms with Gasteiger partial charge in [0.1, 0.15) is 6.67 Å². The Morgan fingerprint density at radius 2 is 1.74 bits per heavy atom. The molecule has 0 saturated heterocycles. The van der Waals surface area contributed by atoms with E-state index in [2.05, 4.69) is 20.6 Å². The Labute approximate surface area is 202 Å². The molecule has 0 aliphatic heterocycles. The number of aromatic nitrogens is 6. The molecule has 0 atom stereocenters. The van der Waals surface area contributed by atoms with Crippen LogP contribution in [-0.2, 0) is 19.6 Å². The summed E-state index contributed by atoms with van der Waals surface area (Å²) in [5.74, 6) is 0.239. The molecular formula is C26H29FN6O2. The molecule has 8 nitrogen and oxygen atoms in total. The minimum atomic E-state index is -0.846. The third-order valence-electron chi connectivity index (χ3n) is 6.09. The Bertz CT molecular complexity index is 1340. The van der Waals surface area contributed by atoms with E-state index in [1.54, 1.807) is 4.57 Å². The number of tetrazole rings is 1. The highest BCUT2D eigenvalue weighted by Gasteiger charge is 2.23. The van der Waals surface area contributed by atoms with Crippen molar-refractivity contribution in [2.24, 2.45) is 0 Å². The van der Waals surface area contributed by atoms with Crippen molar-refractivity contribution in [3.8, 4) is 22.5 Å². The molecule has 4 rings (SSSR count). The van der Waals surface area contributed by atoms with Gasteiger partial charge in [0.2, 0.25) is 5.91 Å². The number of hydrogen-bond acceptors (Lipinski definition) is 5. The lowest BCUT2D eigenvalue weighted by molar-refractivity contribution is 0.0889. The van der Waals surface area contributed by atoms with E-state index in [0.717, 1.165) is 39.7 Å². The summed E-state index contributed by atoms with van der Waals surface area (Å²) in [5, 5.41) is 14.1. The predicted molar refractivity (Wildman–Crippen MR) is 132 cm³/mol. The minimum absolute atomic E-state index is 0.184. The predicted octanol–water partition coefficient (Wildman–Crippen LogP) is 4.80. The zero-order chi connectivity index (χ0) is 24.8. The Balaban J connectivity index is 1.67. The SMILES string of the molecule is CCCCC(=O)n1c(CF)c(CCC)n(Cc2ccc(-c3ccccc3-c3nnn[nH]3)cc2)c1=O. The molecule has 0 saturated carbocycles. The average Bonchev–Trinajstić information content (AvgIpc) is 3.51. The van der Waals surface area contributed by atoms with Crippen LogP contribution in [0.5, 0.6) is 0 Å². The fourth-order valence-corrected chi connectivity index (χ4v) is 4.34. The molecule has 0 fully saturated rings. The molecule has 0 aliphatic rings. The van der Waals surface area contributed by atoms with Gasteiger partial charge >= 0.3 is 5.69 Å². The molecule has 1 N–H and O–H groups in total. The number of halogens is 1. The fraction of sp³-hybridized carbons (Fsp3) is 0.346. The van der Waals surface area contributed by atoms with Gasteiger partial charge in [-0.3, -0.25) is 9.36 Å². The van der Waals surface area contributed by atoms with Crippen LogP contribution < -0.4 is 5.69 Å². The molecule has 4 aromatic rings. The second-order valence-corrected chi connectivity index (χ2v) is 8.47. The normalized spacial score (nSPS) is 11.2. The van der Waals surface area contributed by atoms with Crippen LogP contribution in [0, 0.1) is 0 Å². The molecule has 2 heterocycles. The Hall–Kier alpha value is -3.88. The smallest absolute Gasteiger partial charge is 0.291 e. The maximum atomic E-state index is 14.0. The van der Waals surface area contributed by atoms with E-state index >= 15 is 0 Å². The number of rotatable bonds is 10. The molecule has 0 spiro atoms. The summed E-state index contributed by atoms with van der Waals surface area (Å²) in [5.41, 5.74) is 4.01. The monoisotopic (exact) mass is 476 g/mol. The summed E-state index contributed by atoms with van der Waals surface area (Å²) in [4.78, 5) is 26.0. The van der Waals surface area contributed by atoms with E-state index in [0.29, 0.717) is 24.4 Å². The summed E-state index contributed by atoms with van der Waals surface area (Å²) < 4.78 is 16.6. The Kier molecular flexibility index (Phi) is 7.64. The maximum absolute atomic E-state index is 14.0. The van der Waals surface area contributed by atoms with Gasteiger partial charge in [-0.1, -0.05) is 75.2 Å². The summed E-state index contributed by atoms with van der Waals surface area (Å²) in [6.45, 7) is 3.37. The minimum Gasteiger partial charge on any atom is -0.291 e. The van der Waals surface area contributed by atoms with E-state index in [4.69, 9.17) is 0 Å². The number of aromatic amines is 1. The highest BCUT2D eigenvalue weighted by atomic mass is 19.1. The van der Waals surface area contributed by atoms with Crippen LogP contribution in [0.15, 0.2) is 53.3 Å². The van der Waals surface area contributed by atoms with E-state index in [9.17, 15) is 14.0 Å². The first-order chi connectivity index (χ1) is 17.1. The summed E-state index contributed by atoms with van der Waals surface area (Å²) in [7, 11) is 0. The third-order valence-corrected chi connectivity index (χ3v) is 6.09. The van der Waals surface area contributed by atoms with Gasteiger partial charge in [0.05, 0.1) is 12.2 Å². The van der Waals surface area contributed by atoms with Crippen LogP contribution in [0.1, 0.15) is 61.3 Å². The van der Waals surface area contributed by atoms with Crippen molar-refractivity contribution in [1.82, 2.24) is 29.8 Å². The number of carbonyl (C=O) groups is 1. The average molecular weight is 477 g/mol. The van der Waals surface area contributed by atoms with Crippen LogP contribution >= 0.6 is 0 Å². The van der Waals surface area contributed by atoms with Gasteiger partial charge in [-0.15, -0.1) is 5.10 Å². The van der Waals surface area contributed by atoms with Crippen molar-refractivity contribution in [1.29, 1.82) is 0 Å². The summed E-state index contributed by atoms with van der Waals surface area (Å²) in [6, 6.07) is 15.6. The van der Waals surface area contributed by atoms with Crippen molar-refractivity contribution in [3.05, 3.63) is 76.0 Å². The molecule has 2 aromatic carbocycles. The lowest BCUT2D eigenvalue weighted by atomic mass is 9.98. The van der Waals surface area contributed by atoms with Crippen molar-refractivity contribution in [2.75, 3.05) is 0 Å². The van der Waals surface area contributed by atoms with E-state index in [1.165, 1.54) is 0 Å². The van der Waals surface area contributed by atoms with Crippen LogP contribution in [-0.4, -0.2) is 35.7 Å². The number of unbranched alkanes of at least 4 members (excludes halogenated alkanes) is 1. The molecule has 9 heteroatoms. The molecule has 35 heavy (non-hydrogen) atoms. The Morgan fingerprint density at radius 1 is 1.00 bits per heavy atom. The standard InChI is InChI=1S/C26H29FN6O2/c1-3-5-11-24(34)33-23(16-27)22(8-4-2)32(26(33)35)17-18-12-14-19(15-13-18)20-9-6-7-10-21(20)25-28-30-31-29-25/h6-7,9-10,12-15H,3-5,8,11,16-17H2,1-2H3,(H,28,29,30,31). The molecule has 0 unspecified atom stereocenters. The first-order valence-electron chi connectivity index (χ1n) is 11.9. The zero-order valence-corrected chi connectivity index (χ0v) is 20.0. The van der Waals surface area contributed by atoms with Gasteiger partial charge in [0.25, 0.3) is 0 Å². The topological polar surface area (TPSA) is 98.5 Å². The largest absolute Gasteiger partial charge is 0.335 e. The lowest BCUT2D eigenvalue weighted by Gasteiger charge is -2.10. The molecule has 0 aliphatic carbocycles. The second-order valence-electron chi connectivity index (χ2n) is 8.47. The van der Waals surface area contributed by atoms with E-state index in [-0.39, 0.29) is 24.6 Å². The van der Waals surface area contributed by atoms with Crippen LogP contribution in [0.3, 0.4) is 0 Å². The summed E-state index contributed by atoms with van der Waals surface area (Å²) >= 11 is 0. The molecule has 2 aromatic heterocycles. The number of imidazole rings is 1. The fourth-order valence-electron chi connectivity index (χ4n) is 4.34. The lowest BCUT2D eigenvalue weighted by Crippen LogP contribution is -2.30. The van der Waals surface area contributed by atoms with Gasteiger partial charge in [0, 0.05) is 17.7 Å². The van der Waals surface area contributed by atoms with Crippen LogP contribution in [0.2, 0.25) is 0 Å². The second kappa shape index (κ2) is 11.0. The van der Waals surface area contributed by atoms with Crippen molar-refractivity contribution < 1.29 is 9.18 Å². The number of nitrogens with zero attached hydrogens (tertiary/aromatic N) is 5. The molecule has 182 valence electrons. The highest BCUT2D eigenvalue weighted by Crippen LogP contribution is 2.30. The Morgan fingerprint density at radius 3 is 2.37 bits per heavy atom. The number of nitrogens with one attached hydrogen (secondary N) is 1. The van der Waals surface area contributed by atoms with Crippen molar-refractivity contribution in [3.63, 3.8) is 0 Å². The molecule has 0 radical (unpaired) electrons.